The number of benzene rings is 2. The second-order valence-electron chi connectivity index (χ2n) is 8.32. The van der Waals surface area contributed by atoms with Gasteiger partial charge in [0, 0.05) is 18.1 Å². The molecule has 1 amide bonds. The number of carbonyl (C=O) groups excluding carboxylic acids is 1. The van der Waals surface area contributed by atoms with Gasteiger partial charge in [0.15, 0.2) is 5.69 Å². The van der Waals surface area contributed by atoms with E-state index in [-0.39, 0.29) is 5.91 Å². The third kappa shape index (κ3) is 3.98. The Morgan fingerprint density at radius 3 is 3.03 bits per heavy atom. The van der Waals surface area contributed by atoms with Gasteiger partial charge >= 0.3 is 0 Å². The second kappa shape index (κ2) is 8.29. The van der Waals surface area contributed by atoms with Crippen molar-refractivity contribution in [2.75, 3.05) is 25.5 Å². The van der Waals surface area contributed by atoms with Crippen LogP contribution in [0.4, 0.5) is 5.69 Å². The third-order valence-corrected chi connectivity index (χ3v) is 5.96. The van der Waals surface area contributed by atoms with Gasteiger partial charge < -0.3 is 10.2 Å². The molecule has 1 fully saturated rings. The van der Waals surface area contributed by atoms with Gasteiger partial charge in [-0.15, -0.1) is 0 Å². The fourth-order valence-electron chi connectivity index (χ4n) is 4.30. The molecule has 2 aromatic heterocycles. The van der Waals surface area contributed by atoms with Crippen molar-refractivity contribution >= 4 is 22.5 Å². The molecule has 1 aliphatic heterocycles. The molecule has 0 aliphatic carbocycles. The van der Waals surface area contributed by atoms with E-state index in [2.05, 4.69) is 50.8 Å². The molecule has 2 aromatic carbocycles. The lowest BCUT2D eigenvalue weighted by molar-refractivity contribution is 0.102. The molecule has 160 valence electrons. The summed E-state index contributed by atoms with van der Waals surface area (Å²) < 4.78 is 1.72. The summed E-state index contributed by atoms with van der Waals surface area (Å²) in [5, 5.41) is 24.3. The number of H-pyrrole nitrogens is 1. The third-order valence-electron chi connectivity index (χ3n) is 5.96. The molecule has 32 heavy (non-hydrogen) atoms. The highest BCUT2D eigenvalue weighted by atomic mass is 16.2. The molecule has 2 N–H and O–H groups in total. The number of nitrogens with zero attached hydrogens (tertiary/aromatic N) is 5. The van der Waals surface area contributed by atoms with E-state index in [1.165, 1.54) is 5.56 Å². The second-order valence-corrected chi connectivity index (χ2v) is 8.32. The van der Waals surface area contributed by atoms with Gasteiger partial charge in [-0.1, -0.05) is 24.3 Å². The van der Waals surface area contributed by atoms with Crippen molar-refractivity contribution < 1.29 is 4.79 Å². The van der Waals surface area contributed by atoms with Crippen LogP contribution < -0.4 is 5.32 Å². The number of likely N-dealkylation sites (tertiary alicyclic amines) is 1. The number of aromatic nitrogens is 4. The molecular weight excluding hydrogens is 402 g/mol. The SMILES string of the molecule is CN1CCC(c2ccc3c(C(=O)Nc4cnn(Cc5cccc(C#N)c5)c4)n[nH]c3c2)C1. The summed E-state index contributed by atoms with van der Waals surface area (Å²) in [5.41, 5.74) is 4.68. The summed E-state index contributed by atoms with van der Waals surface area (Å²) in [6, 6.07) is 15.7. The summed E-state index contributed by atoms with van der Waals surface area (Å²) in [6.07, 6.45) is 4.52. The van der Waals surface area contributed by atoms with Crippen LogP contribution in [0.3, 0.4) is 0 Å². The number of likely N-dealkylation sites (N-methyl/N-ethyl adjacent to an activating group) is 1. The van der Waals surface area contributed by atoms with Crippen molar-refractivity contribution in [2.45, 2.75) is 18.9 Å². The topological polar surface area (TPSA) is 103 Å². The maximum absolute atomic E-state index is 12.9. The number of anilines is 1. The Hall–Kier alpha value is -3.96. The van der Waals surface area contributed by atoms with Crippen LogP contribution in [0.5, 0.6) is 0 Å². The first kappa shape index (κ1) is 20.0. The summed E-state index contributed by atoms with van der Waals surface area (Å²) in [6.45, 7) is 2.67. The van der Waals surface area contributed by atoms with E-state index in [4.69, 9.17) is 5.26 Å². The number of carbonyl (C=O) groups is 1. The van der Waals surface area contributed by atoms with Crippen LogP contribution in [0.15, 0.2) is 54.9 Å². The number of nitrogens with one attached hydrogen (secondary N) is 2. The smallest absolute Gasteiger partial charge is 0.276 e. The molecule has 1 atom stereocenters. The van der Waals surface area contributed by atoms with Crippen molar-refractivity contribution in [1.29, 1.82) is 5.26 Å². The van der Waals surface area contributed by atoms with E-state index in [0.29, 0.717) is 29.4 Å². The van der Waals surface area contributed by atoms with Gasteiger partial charge in [0.2, 0.25) is 0 Å². The van der Waals surface area contributed by atoms with Gasteiger partial charge in [0.25, 0.3) is 5.91 Å². The highest BCUT2D eigenvalue weighted by Crippen LogP contribution is 2.29. The minimum Gasteiger partial charge on any atom is -0.318 e. The minimum absolute atomic E-state index is 0.282. The van der Waals surface area contributed by atoms with Gasteiger partial charge in [-0.3, -0.25) is 14.6 Å². The zero-order valence-electron chi connectivity index (χ0n) is 17.7. The first-order valence-corrected chi connectivity index (χ1v) is 10.6. The molecule has 0 radical (unpaired) electrons. The van der Waals surface area contributed by atoms with E-state index >= 15 is 0 Å². The van der Waals surface area contributed by atoms with E-state index in [1.54, 1.807) is 23.1 Å². The highest BCUT2D eigenvalue weighted by Gasteiger charge is 2.22. The summed E-state index contributed by atoms with van der Waals surface area (Å²) in [4.78, 5) is 15.2. The molecule has 1 saturated heterocycles. The Kier molecular flexibility index (Phi) is 5.17. The van der Waals surface area contributed by atoms with Crippen LogP contribution in [0.25, 0.3) is 10.9 Å². The Balaban J connectivity index is 1.29. The number of fused-ring (bicyclic) bond motifs is 1. The van der Waals surface area contributed by atoms with Crippen LogP contribution >= 0.6 is 0 Å². The number of amides is 1. The maximum Gasteiger partial charge on any atom is 0.276 e. The predicted octanol–water partition coefficient (Wildman–Crippen LogP) is 3.35. The summed E-state index contributed by atoms with van der Waals surface area (Å²) in [7, 11) is 2.14. The number of rotatable bonds is 5. The van der Waals surface area contributed by atoms with Crippen molar-refractivity contribution in [3.05, 3.63) is 77.2 Å². The monoisotopic (exact) mass is 425 g/mol. The van der Waals surface area contributed by atoms with Crippen LogP contribution in [-0.4, -0.2) is 50.9 Å². The van der Waals surface area contributed by atoms with E-state index < -0.39 is 0 Å². The molecule has 4 aromatic rings. The highest BCUT2D eigenvalue weighted by molar-refractivity contribution is 6.11. The zero-order valence-corrected chi connectivity index (χ0v) is 17.7. The van der Waals surface area contributed by atoms with Crippen LogP contribution in [-0.2, 0) is 6.54 Å². The molecule has 8 heteroatoms. The van der Waals surface area contributed by atoms with Crippen molar-refractivity contribution in [3.63, 3.8) is 0 Å². The lowest BCUT2D eigenvalue weighted by atomic mass is 9.97. The average molecular weight is 425 g/mol. The standard InChI is InChI=1S/C24H23N7O/c1-30-8-7-19(14-30)18-5-6-21-22(10-18)28-29-23(21)24(32)27-20-12-26-31(15-20)13-17-4-2-3-16(9-17)11-25/h2-6,9-10,12,15,19H,7-8,13-14H2,1H3,(H,27,32)(H,28,29). The van der Waals surface area contributed by atoms with Crippen molar-refractivity contribution in [3.8, 4) is 6.07 Å². The minimum atomic E-state index is -0.282. The normalized spacial score (nSPS) is 16.3. The molecule has 0 bridgehead atoms. The van der Waals surface area contributed by atoms with Crippen LogP contribution in [0, 0.1) is 11.3 Å². The lowest BCUT2D eigenvalue weighted by Gasteiger charge is -2.10. The average Bonchev–Trinajstić information content (AvgIpc) is 3.53. The van der Waals surface area contributed by atoms with Crippen molar-refractivity contribution in [2.24, 2.45) is 0 Å². The molecule has 8 nitrogen and oxygen atoms in total. The first-order valence-electron chi connectivity index (χ1n) is 10.6. The number of hydrogen-bond donors (Lipinski definition) is 2. The summed E-state index contributed by atoms with van der Waals surface area (Å²) >= 11 is 0. The molecule has 1 unspecified atom stereocenters. The number of aromatic amines is 1. The van der Waals surface area contributed by atoms with Crippen LogP contribution in [0.2, 0.25) is 0 Å². The number of hydrogen-bond acceptors (Lipinski definition) is 5. The first-order chi connectivity index (χ1) is 15.6. The largest absolute Gasteiger partial charge is 0.318 e. The Labute approximate surface area is 185 Å². The Bertz CT molecular complexity index is 1330. The molecule has 0 saturated carbocycles. The van der Waals surface area contributed by atoms with Crippen LogP contribution in [0.1, 0.15) is 39.5 Å². The molecule has 1 aliphatic rings. The molecule has 3 heterocycles. The fourth-order valence-corrected chi connectivity index (χ4v) is 4.30. The summed E-state index contributed by atoms with van der Waals surface area (Å²) in [5.74, 6) is 0.236. The van der Waals surface area contributed by atoms with Gasteiger partial charge in [0.1, 0.15) is 0 Å². The van der Waals surface area contributed by atoms with E-state index in [1.807, 2.05) is 24.3 Å². The van der Waals surface area contributed by atoms with Gasteiger partial charge in [-0.2, -0.15) is 15.5 Å². The Morgan fingerprint density at radius 1 is 1.31 bits per heavy atom. The molecular formula is C24H23N7O. The van der Waals surface area contributed by atoms with Gasteiger partial charge in [-0.25, -0.2) is 0 Å². The molecule has 0 spiro atoms. The predicted molar refractivity (Wildman–Crippen MR) is 121 cm³/mol. The fraction of sp³-hybridized carbons (Fsp3) is 0.250. The van der Waals surface area contributed by atoms with E-state index in [9.17, 15) is 4.79 Å². The maximum atomic E-state index is 12.9. The van der Waals surface area contributed by atoms with Gasteiger partial charge in [-0.05, 0) is 55.3 Å². The quantitative estimate of drug-likeness (QED) is 0.510. The molecule has 5 rings (SSSR count). The van der Waals surface area contributed by atoms with Gasteiger partial charge in [0.05, 0.1) is 35.6 Å². The number of nitriles is 1. The Morgan fingerprint density at radius 2 is 2.22 bits per heavy atom. The zero-order chi connectivity index (χ0) is 22.1. The van der Waals surface area contributed by atoms with E-state index in [0.717, 1.165) is 36.0 Å². The lowest BCUT2D eigenvalue weighted by Crippen LogP contribution is -2.13. The van der Waals surface area contributed by atoms with Crippen molar-refractivity contribution in [1.82, 2.24) is 24.9 Å².